The summed E-state index contributed by atoms with van der Waals surface area (Å²) in [5.74, 6) is 0.517. The third kappa shape index (κ3) is 6.91. The summed E-state index contributed by atoms with van der Waals surface area (Å²) in [5.41, 5.74) is 11.1. The predicted molar refractivity (Wildman–Crippen MR) is 108 cm³/mol. The summed E-state index contributed by atoms with van der Waals surface area (Å²) in [6, 6.07) is 11.2. The van der Waals surface area contributed by atoms with E-state index in [1.165, 1.54) is 24.4 Å². The van der Waals surface area contributed by atoms with Crippen LogP contribution in [0.2, 0.25) is 0 Å². The molecule has 2 aromatic carbocycles. The second kappa shape index (κ2) is 9.38. The van der Waals surface area contributed by atoms with Gasteiger partial charge in [-0.15, -0.1) is 5.10 Å². The highest BCUT2D eigenvalue weighted by Gasteiger charge is 2.17. The number of rotatable bonds is 8. The van der Waals surface area contributed by atoms with E-state index in [0.717, 1.165) is 5.56 Å². The summed E-state index contributed by atoms with van der Waals surface area (Å²) in [6.07, 6.45) is 1.97. The lowest BCUT2D eigenvalue weighted by Gasteiger charge is -2.11. The molecule has 0 aliphatic rings. The molecule has 0 amide bonds. The van der Waals surface area contributed by atoms with Crippen LogP contribution in [0.1, 0.15) is 12.0 Å². The Labute approximate surface area is 166 Å². The summed E-state index contributed by atoms with van der Waals surface area (Å²) in [6.45, 7) is 2.12. The number of nitrogens with zero attached hydrogens (tertiary/aromatic N) is 2. The zero-order valence-corrected chi connectivity index (χ0v) is 16.9. The number of hydrogen-bond donors (Lipinski definition) is 2. The van der Waals surface area contributed by atoms with Crippen molar-refractivity contribution < 1.29 is 17.3 Å². The van der Waals surface area contributed by atoms with Crippen LogP contribution in [0.25, 0.3) is 0 Å². The number of ether oxygens (including phenoxy) is 1. The van der Waals surface area contributed by atoms with Crippen LogP contribution < -0.4 is 20.4 Å². The van der Waals surface area contributed by atoms with E-state index in [9.17, 15) is 8.42 Å². The van der Waals surface area contributed by atoms with E-state index in [1.54, 1.807) is 24.3 Å². The molecule has 0 saturated heterocycles. The quantitative estimate of drug-likeness (QED) is 0.207. The fraction of sp³-hybridized carbons (Fsp3) is 0.176. The van der Waals surface area contributed by atoms with Gasteiger partial charge in [0, 0.05) is 23.2 Å². The minimum absolute atomic E-state index is 0.0526. The molecule has 0 atom stereocenters. The van der Waals surface area contributed by atoms with Crippen molar-refractivity contribution in [3.8, 4) is 11.5 Å². The monoisotopic (exact) mass is 454 g/mol. The van der Waals surface area contributed by atoms with Crippen LogP contribution in [-0.4, -0.2) is 27.2 Å². The van der Waals surface area contributed by atoms with Gasteiger partial charge in [-0.1, -0.05) is 22.0 Å². The maximum Gasteiger partial charge on any atom is 0.339 e. The van der Waals surface area contributed by atoms with Crippen molar-refractivity contribution >= 4 is 38.2 Å². The van der Waals surface area contributed by atoms with Gasteiger partial charge in [-0.3, -0.25) is 0 Å². The molecule has 0 heterocycles. The molecule has 4 N–H and O–H groups in total. The predicted octanol–water partition coefficient (Wildman–Crippen LogP) is 2.55. The first-order valence-electron chi connectivity index (χ1n) is 7.81. The summed E-state index contributed by atoms with van der Waals surface area (Å²) < 4.78 is 36.3. The van der Waals surface area contributed by atoms with E-state index in [2.05, 4.69) is 26.1 Å². The molecule has 27 heavy (non-hydrogen) atoms. The van der Waals surface area contributed by atoms with Crippen LogP contribution in [0, 0.1) is 6.92 Å². The third-order valence-corrected chi connectivity index (χ3v) is 4.82. The van der Waals surface area contributed by atoms with Crippen LogP contribution in [0.5, 0.6) is 11.5 Å². The normalized spacial score (nSPS) is 11.3. The zero-order valence-electron chi connectivity index (χ0n) is 14.5. The second-order valence-corrected chi connectivity index (χ2v) is 7.90. The van der Waals surface area contributed by atoms with E-state index in [4.69, 9.17) is 20.4 Å². The minimum atomic E-state index is -3.96. The Morgan fingerprint density at radius 2 is 1.93 bits per heavy atom. The van der Waals surface area contributed by atoms with Gasteiger partial charge in [0.25, 0.3) is 0 Å². The lowest BCUT2D eigenvalue weighted by Crippen LogP contribution is -2.21. The molecular weight excluding hydrogens is 436 g/mol. The number of nitrogens with two attached hydrogens (primary N) is 2. The Kier molecular flexibility index (Phi) is 7.19. The number of aryl methyl sites for hydroxylation is 1. The SMILES string of the molecule is Cc1cc(OCC/C=N\N=C(N)N)cc(OS(=O)(=O)c2cccc(Br)c2)c1. The van der Waals surface area contributed by atoms with E-state index in [0.29, 0.717) is 23.2 Å². The topological polar surface area (TPSA) is 129 Å². The van der Waals surface area contributed by atoms with E-state index in [1.807, 2.05) is 6.92 Å². The largest absolute Gasteiger partial charge is 0.493 e. The molecule has 2 rings (SSSR count). The molecular formula is C17H19BrN4O4S. The van der Waals surface area contributed by atoms with Gasteiger partial charge >= 0.3 is 10.1 Å². The maximum atomic E-state index is 12.4. The van der Waals surface area contributed by atoms with Crippen molar-refractivity contribution in [3.05, 3.63) is 52.5 Å². The maximum absolute atomic E-state index is 12.4. The van der Waals surface area contributed by atoms with Crippen molar-refractivity contribution in [1.82, 2.24) is 0 Å². The van der Waals surface area contributed by atoms with E-state index < -0.39 is 10.1 Å². The molecule has 0 bridgehead atoms. The summed E-state index contributed by atoms with van der Waals surface area (Å²) in [5, 5.41) is 7.12. The van der Waals surface area contributed by atoms with Crippen LogP contribution in [0.15, 0.2) is 62.0 Å². The lowest BCUT2D eigenvalue weighted by atomic mass is 10.2. The molecule has 2 aromatic rings. The highest BCUT2D eigenvalue weighted by molar-refractivity contribution is 9.10. The Morgan fingerprint density at radius 1 is 1.19 bits per heavy atom. The summed E-state index contributed by atoms with van der Waals surface area (Å²) in [7, 11) is -3.96. The molecule has 8 nitrogen and oxygen atoms in total. The van der Waals surface area contributed by atoms with Crippen molar-refractivity contribution in [2.75, 3.05) is 6.61 Å². The van der Waals surface area contributed by atoms with Gasteiger partial charge in [0.2, 0.25) is 5.96 Å². The highest BCUT2D eigenvalue weighted by Crippen LogP contribution is 2.26. The minimum Gasteiger partial charge on any atom is -0.493 e. The lowest BCUT2D eigenvalue weighted by molar-refractivity contribution is 0.329. The van der Waals surface area contributed by atoms with Crippen LogP contribution in [-0.2, 0) is 10.1 Å². The van der Waals surface area contributed by atoms with Gasteiger partial charge in [-0.25, -0.2) is 0 Å². The zero-order chi connectivity index (χ0) is 19.9. The standard InChI is InChI=1S/C17H19BrN4O4S/c1-12-8-14(25-7-3-6-21-22-17(19)20)11-15(9-12)26-27(23,24)16-5-2-4-13(18)10-16/h2,4-6,8-11H,3,7H2,1H3,(H4,19,20,22)/b21-6-. The Balaban J connectivity index is 2.06. The molecule has 0 radical (unpaired) electrons. The Bertz CT molecular complexity index is 957. The van der Waals surface area contributed by atoms with Crippen LogP contribution in [0.4, 0.5) is 0 Å². The first-order valence-corrected chi connectivity index (χ1v) is 10.0. The van der Waals surface area contributed by atoms with Gasteiger partial charge in [0.1, 0.15) is 16.4 Å². The fourth-order valence-electron chi connectivity index (χ4n) is 2.04. The first kappa shape index (κ1) is 20.7. The average molecular weight is 455 g/mol. The van der Waals surface area contributed by atoms with Gasteiger partial charge in [0.05, 0.1) is 6.61 Å². The number of benzene rings is 2. The molecule has 0 aliphatic carbocycles. The van der Waals surface area contributed by atoms with Crippen LogP contribution >= 0.6 is 15.9 Å². The van der Waals surface area contributed by atoms with Crippen LogP contribution in [0.3, 0.4) is 0 Å². The average Bonchev–Trinajstić information content (AvgIpc) is 2.57. The van der Waals surface area contributed by atoms with Crippen molar-refractivity contribution in [3.63, 3.8) is 0 Å². The number of guanidine groups is 1. The molecule has 144 valence electrons. The highest BCUT2D eigenvalue weighted by atomic mass is 79.9. The van der Waals surface area contributed by atoms with Gasteiger partial charge in [-0.05, 0) is 42.8 Å². The van der Waals surface area contributed by atoms with Crippen molar-refractivity contribution in [2.24, 2.45) is 21.7 Å². The molecule has 10 heteroatoms. The first-order chi connectivity index (χ1) is 12.8. The molecule has 0 aliphatic heterocycles. The second-order valence-electron chi connectivity index (χ2n) is 5.44. The van der Waals surface area contributed by atoms with Crippen molar-refractivity contribution in [1.29, 1.82) is 0 Å². The number of hydrogen-bond acceptors (Lipinski definition) is 6. The summed E-state index contributed by atoms with van der Waals surface area (Å²) in [4.78, 5) is 0.0526. The molecule has 0 saturated carbocycles. The molecule has 0 aromatic heterocycles. The van der Waals surface area contributed by atoms with Gasteiger partial charge < -0.3 is 20.4 Å². The van der Waals surface area contributed by atoms with Crippen molar-refractivity contribution in [2.45, 2.75) is 18.2 Å². The van der Waals surface area contributed by atoms with Gasteiger partial charge in [0.15, 0.2) is 0 Å². The molecule has 0 unspecified atom stereocenters. The Morgan fingerprint density at radius 3 is 2.63 bits per heavy atom. The van der Waals surface area contributed by atoms with E-state index in [-0.39, 0.29) is 16.6 Å². The third-order valence-electron chi connectivity index (χ3n) is 3.09. The Hall–Kier alpha value is -2.59. The summed E-state index contributed by atoms with van der Waals surface area (Å²) >= 11 is 3.24. The smallest absolute Gasteiger partial charge is 0.339 e. The molecule has 0 spiro atoms. The number of halogens is 1. The fourth-order valence-corrected chi connectivity index (χ4v) is 3.55. The van der Waals surface area contributed by atoms with Gasteiger partial charge in [-0.2, -0.15) is 13.5 Å². The van der Waals surface area contributed by atoms with E-state index >= 15 is 0 Å². The molecule has 0 fully saturated rings.